The van der Waals surface area contributed by atoms with Gasteiger partial charge in [0.05, 0.1) is 0 Å². The third-order valence-electron chi connectivity index (χ3n) is 4.12. The molecule has 0 bridgehead atoms. The lowest BCUT2D eigenvalue weighted by atomic mass is 10.1. The number of aromatic nitrogens is 1. The third-order valence-corrected chi connectivity index (χ3v) is 5.49. The number of nitrogens with one attached hydrogen (secondary N) is 3. The average Bonchev–Trinajstić information content (AvgIpc) is 3.18. The van der Waals surface area contributed by atoms with Crippen molar-refractivity contribution in [1.82, 2.24) is 19.9 Å². The molecule has 3 N–H and O–H groups in total. The fourth-order valence-corrected chi connectivity index (χ4v) is 3.84. The second-order valence-corrected chi connectivity index (χ2v) is 7.55. The van der Waals surface area contributed by atoms with Gasteiger partial charge in [-0.2, -0.15) is 0 Å². The fourth-order valence-electron chi connectivity index (χ4n) is 2.75. The molecule has 1 aromatic heterocycles. The molecule has 7 nitrogen and oxygen atoms in total. The molecule has 0 unspecified atom stereocenters. The highest BCUT2D eigenvalue weighted by atomic mass is 32.2. The summed E-state index contributed by atoms with van der Waals surface area (Å²) in [5.74, 6) is -0.329. The highest BCUT2D eigenvalue weighted by Gasteiger charge is 2.20. The van der Waals surface area contributed by atoms with E-state index in [0.29, 0.717) is 5.69 Å². The number of aryl methyl sites for hydroxylation is 1. The summed E-state index contributed by atoms with van der Waals surface area (Å²) in [7, 11) is -0.542. The van der Waals surface area contributed by atoms with Crippen molar-refractivity contribution in [1.29, 1.82) is 0 Å². The number of rotatable bonds is 5. The zero-order valence-corrected chi connectivity index (χ0v) is 14.4. The summed E-state index contributed by atoms with van der Waals surface area (Å²) in [4.78, 5) is 11.8. The summed E-state index contributed by atoms with van der Waals surface area (Å²) in [6.45, 7) is 1.87. The fraction of sp³-hybridized carbons (Fsp3) is 0.312. The number of hydrogen-bond acceptors (Lipinski definition) is 4. The molecule has 128 valence electrons. The van der Waals surface area contributed by atoms with E-state index in [4.69, 9.17) is 0 Å². The Hall–Kier alpha value is -2.16. The standard InChI is InChI=1S/C16H20N4O3S/c1-17-16(21)15-6-14(10-20(15)2)24(22,23)19-7-11-3-4-12-8-18-9-13(12)5-11/h3-6,10,18-19H,7-9H2,1-2H3,(H,17,21). The summed E-state index contributed by atoms with van der Waals surface area (Å²) >= 11 is 0. The molecule has 1 aliphatic heterocycles. The van der Waals surface area contributed by atoms with Gasteiger partial charge in [-0.1, -0.05) is 18.2 Å². The Balaban J connectivity index is 1.76. The Bertz CT molecular complexity index is 887. The predicted molar refractivity (Wildman–Crippen MR) is 89.8 cm³/mol. The number of carbonyl (C=O) groups excluding carboxylic acids is 1. The molecule has 1 amide bonds. The van der Waals surface area contributed by atoms with Gasteiger partial charge in [-0.3, -0.25) is 4.79 Å². The van der Waals surface area contributed by atoms with Gasteiger partial charge in [0.2, 0.25) is 10.0 Å². The van der Waals surface area contributed by atoms with Crippen molar-refractivity contribution in [3.8, 4) is 0 Å². The van der Waals surface area contributed by atoms with Crippen LogP contribution in [0.25, 0.3) is 0 Å². The number of nitrogens with zero attached hydrogens (tertiary/aromatic N) is 1. The van der Waals surface area contributed by atoms with E-state index in [9.17, 15) is 13.2 Å². The predicted octanol–water partition coefficient (Wildman–Crippen LogP) is 0.466. The van der Waals surface area contributed by atoms with Crippen molar-refractivity contribution >= 4 is 15.9 Å². The first-order valence-electron chi connectivity index (χ1n) is 7.60. The van der Waals surface area contributed by atoms with Crippen molar-refractivity contribution in [2.24, 2.45) is 7.05 Å². The molecule has 1 aromatic carbocycles. The Labute approximate surface area is 141 Å². The monoisotopic (exact) mass is 348 g/mol. The molecule has 0 fully saturated rings. The van der Waals surface area contributed by atoms with Gasteiger partial charge in [0, 0.05) is 39.9 Å². The zero-order chi connectivity index (χ0) is 17.3. The topological polar surface area (TPSA) is 92.2 Å². The molecule has 0 saturated carbocycles. The summed E-state index contributed by atoms with van der Waals surface area (Å²) in [5, 5.41) is 5.75. The van der Waals surface area contributed by atoms with Crippen LogP contribution >= 0.6 is 0 Å². The van der Waals surface area contributed by atoms with Gasteiger partial charge in [-0.25, -0.2) is 13.1 Å². The number of fused-ring (bicyclic) bond motifs is 1. The molecule has 0 spiro atoms. The second-order valence-electron chi connectivity index (χ2n) is 5.78. The Morgan fingerprint density at radius 2 is 2.00 bits per heavy atom. The Morgan fingerprint density at radius 1 is 1.25 bits per heavy atom. The molecule has 3 rings (SSSR count). The van der Waals surface area contributed by atoms with E-state index in [-0.39, 0.29) is 17.3 Å². The first kappa shape index (κ1) is 16.7. The minimum Gasteiger partial charge on any atom is -0.354 e. The molecule has 0 atom stereocenters. The van der Waals surface area contributed by atoms with E-state index in [0.717, 1.165) is 18.7 Å². The molecular formula is C16H20N4O3S. The number of amides is 1. The van der Waals surface area contributed by atoms with Crippen LogP contribution < -0.4 is 15.4 Å². The van der Waals surface area contributed by atoms with Crippen molar-refractivity contribution in [2.45, 2.75) is 24.5 Å². The molecule has 8 heteroatoms. The summed E-state index contributed by atoms with van der Waals surface area (Å²) in [6, 6.07) is 7.33. The van der Waals surface area contributed by atoms with Crippen LogP contribution in [-0.2, 0) is 36.7 Å². The van der Waals surface area contributed by atoms with Gasteiger partial charge >= 0.3 is 0 Å². The normalized spacial score (nSPS) is 13.8. The van der Waals surface area contributed by atoms with Crippen molar-refractivity contribution in [2.75, 3.05) is 7.05 Å². The molecule has 2 heterocycles. The van der Waals surface area contributed by atoms with E-state index in [1.54, 1.807) is 7.05 Å². The largest absolute Gasteiger partial charge is 0.354 e. The van der Waals surface area contributed by atoms with Crippen molar-refractivity contribution in [3.63, 3.8) is 0 Å². The SMILES string of the molecule is CNC(=O)c1cc(S(=O)(=O)NCc2ccc3c(c2)CNC3)cn1C. The van der Waals surface area contributed by atoms with E-state index in [2.05, 4.69) is 15.4 Å². The maximum Gasteiger partial charge on any atom is 0.267 e. The molecule has 0 radical (unpaired) electrons. The first-order chi connectivity index (χ1) is 11.4. The third kappa shape index (κ3) is 3.21. The lowest BCUT2D eigenvalue weighted by Crippen LogP contribution is -2.23. The van der Waals surface area contributed by atoms with Crippen LogP contribution in [0.1, 0.15) is 27.2 Å². The second kappa shape index (κ2) is 6.39. The van der Waals surface area contributed by atoms with Gasteiger partial charge in [-0.15, -0.1) is 0 Å². The number of sulfonamides is 1. The van der Waals surface area contributed by atoms with E-state index < -0.39 is 10.0 Å². The quantitative estimate of drug-likeness (QED) is 0.732. The van der Waals surface area contributed by atoms with Gasteiger partial charge in [-0.05, 0) is 22.8 Å². The van der Waals surface area contributed by atoms with Gasteiger partial charge in [0.15, 0.2) is 0 Å². The molecule has 1 aliphatic rings. The highest BCUT2D eigenvalue weighted by molar-refractivity contribution is 7.89. The van der Waals surface area contributed by atoms with Crippen LogP contribution in [0.5, 0.6) is 0 Å². The molecule has 0 saturated heterocycles. The van der Waals surface area contributed by atoms with Gasteiger partial charge in [0.1, 0.15) is 10.6 Å². The molecule has 0 aliphatic carbocycles. The van der Waals surface area contributed by atoms with Gasteiger partial charge < -0.3 is 15.2 Å². The van der Waals surface area contributed by atoms with E-state index >= 15 is 0 Å². The Morgan fingerprint density at radius 3 is 2.75 bits per heavy atom. The average molecular weight is 348 g/mol. The van der Waals surface area contributed by atoms with Crippen LogP contribution in [0.3, 0.4) is 0 Å². The van der Waals surface area contributed by atoms with Gasteiger partial charge in [0.25, 0.3) is 5.91 Å². The summed E-state index contributed by atoms with van der Waals surface area (Å²) in [5.41, 5.74) is 3.65. The maximum atomic E-state index is 12.4. The summed E-state index contributed by atoms with van der Waals surface area (Å²) < 4.78 is 29.0. The highest BCUT2D eigenvalue weighted by Crippen LogP contribution is 2.18. The minimum absolute atomic E-state index is 0.0754. The Kier molecular flexibility index (Phi) is 4.44. The number of carbonyl (C=O) groups is 1. The first-order valence-corrected chi connectivity index (χ1v) is 9.08. The molecule has 24 heavy (non-hydrogen) atoms. The summed E-state index contributed by atoms with van der Waals surface area (Å²) in [6.07, 6.45) is 1.43. The maximum absolute atomic E-state index is 12.4. The van der Waals surface area contributed by atoms with E-state index in [1.165, 1.54) is 35.0 Å². The van der Waals surface area contributed by atoms with Crippen molar-refractivity contribution in [3.05, 3.63) is 52.8 Å². The lowest BCUT2D eigenvalue weighted by molar-refractivity contribution is 0.0955. The smallest absolute Gasteiger partial charge is 0.267 e. The van der Waals surface area contributed by atoms with Crippen LogP contribution in [-0.4, -0.2) is 25.9 Å². The number of benzene rings is 1. The van der Waals surface area contributed by atoms with Crippen LogP contribution in [0.4, 0.5) is 0 Å². The molecule has 2 aromatic rings. The van der Waals surface area contributed by atoms with E-state index in [1.807, 2.05) is 18.2 Å². The lowest BCUT2D eigenvalue weighted by Gasteiger charge is -2.07. The van der Waals surface area contributed by atoms with Crippen molar-refractivity contribution < 1.29 is 13.2 Å². The minimum atomic E-state index is -3.68. The van der Waals surface area contributed by atoms with Crippen LogP contribution in [0, 0.1) is 0 Å². The zero-order valence-electron chi connectivity index (χ0n) is 13.6. The number of hydrogen-bond donors (Lipinski definition) is 3. The van der Waals surface area contributed by atoms with Crippen LogP contribution in [0.2, 0.25) is 0 Å². The molecular weight excluding hydrogens is 328 g/mol. The van der Waals surface area contributed by atoms with Crippen LogP contribution in [0.15, 0.2) is 35.4 Å².